The van der Waals surface area contributed by atoms with Crippen molar-refractivity contribution in [2.45, 2.75) is 71.1 Å². The minimum atomic E-state index is 0.357. The van der Waals surface area contributed by atoms with Crippen molar-refractivity contribution in [2.75, 3.05) is 6.54 Å². The quantitative estimate of drug-likeness (QED) is 0.651. The average molecular weight is 251 g/mol. The van der Waals surface area contributed by atoms with Crippen molar-refractivity contribution in [1.82, 2.24) is 5.32 Å². The first-order valence-electron chi connectivity index (χ1n) is 8.09. The van der Waals surface area contributed by atoms with Crippen molar-refractivity contribution >= 4 is 5.91 Å². The van der Waals surface area contributed by atoms with Gasteiger partial charge in [-0.05, 0) is 37.5 Å². The number of amides is 1. The number of hydrogen-bond donors (Lipinski definition) is 1. The van der Waals surface area contributed by atoms with Crippen LogP contribution in [0.3, 0.4) is 0 Å². The van der Waals surface area contributed by atoms with Crippen molar-refractivity contribution in [3.63, 3.8) is 0 Å². The van der Waals surface area contributed by atoms with Crippen LogP contribution >= 0.6 is 0 Å². The Kier molecular flexibility index (Phi) is 5.52. The third kappa shape index (κ3) is 3.73. The van der Waals surface area contributed by atoms with Crippen LogP contribution in [-0.2, 0) is 4.79 Å². The van der Waals surface area contributed by atoms with E-state index in [0.29, 0.717) is 11.8 Å². The zero-order chi connectivity index (χ0) is 12.8. The van der Waals surface area contributed by atoms with Gasteiger partial charge in [0.25, 0.3) is 0 Å². The number of rotatable bonds is 8. The summed E-state index contributed by atoms with van der Waals surface area (Å²) in [4.78, 5) is 12.1. The van der Waals surface area contributed by atoms with E-state index < -0.39 is 0 Å². The molecule has 0 aromatic carbocycles. The topological polar surface area (TPSA) is 29.1 Å². The second-order valence-corrected chi connectivity index (χ2v) is 6.34. The molecule has 2 heteroatoms. The summed E-state index contributed by atoms with van der Waals surface area (Å²) in [6, 6.07) is 0. The molecule has 2 fully saturated rings. The van der Waals surface area contributed by atoms with E-state index in [-0.39, 0.29) is 0 Å². The number of carbonyl (C=O) groups is 1. The standard InChI is InChI=1S/C16H29NO/c1-2-3-4-5-6-7-10-17-16(18)15-12-13-8-9-14(15)11-13/h13-15H,2-12H2,1H3,(H,17,18). The summed E-state index contributed by atoms with van der Waals surface area (Å²) in [5, 5.41) is 3.16. The molecular weight excluding hydrogens is 222 g/mol. The van der Waals surface area contributed by atoms with Crippen LogP contribution in [0.1, 0.15) is 71.1 Å². The molecule has 3 atom stereocenters. The normalized spacial score (nSPS) is 29.7. The minimum Gasteiger partial charge on any atom is -0.356 e. The van der Waals surface area contributed by atoms with E-state index in [1.54, 1.807) is 0 Å². The lowest BCUT2D eigenvalue weighted by Crippen LogP contribution is -2.34. The maximum absolute atomic E-state index is 12.1. The largest absolute Gasteiger partial charge is 0.356 e. The van der Waals surface area contributed by atoms with E-state index >= 15 is 0 Å². The van der Waals surface area contributed by atoms with Gasteiger partial charge in [-0.2, -0.15) is 0 Å². The molecule has 0 saturated heterocycles. The Balaban J connectivity index is 1.50. The number of unbranched alkanes of at least 4 members (excludes halogenated alkanes) is 5. The summed E-state index contributed by atoms with van der Waals surface area (Å²) >= 11 is 0. The van der Waals surface area contributed by atoms with Gasteiger partial charge in [0.2, 0.25) is 5.91 Å². The summed E-state index contributed by atoms with van der Waals surface area (Å²) in [6.07, 6.45) is 13.0. The summed E-state index contributed by atoms with van der Waals surface area (Å²) in [5.41, 5.74) is 0. The van der Waals surface area contributed by atoms with Gasteiger partial charge in [0.1, 0.15) is 0 Å². The predicted molar refractivity (Wildman–Crippen MR) is 75.3 cm³/mol. The molecule has 3 unspecified atom stereocenters. The van der Waals surface area contributed by atoms with Crippen LogP contribution in [0.2, 0.25) is 0 Å². The van der Waals surface area contributed by atoms with Crippen LogP contribution in [0.25, 0.3) is 0 Å². The predicted octanol–water partition coefficient (Wildman–Crippen LogP) is 3.90. The Bertz CT molecular complexity index is 264. The van der Waals surface area contributed by atoms with Gasteiger partial charge < -0.3 is 5.32 Å². The molecular formula is C16H29NO. The summed E-state index contributed by atoms with van der Waals surface area (Å²) in [6.45, 7) is 3.15. The first-order valence-corrected chi connectivity index (χ1v) is 8.09. The van der Waals surface area contributed by atoms with Crippen molar-refractivity contribution in [3.05, 3.63) is 0 Å². The molecule has 0 spiro atoms. The van der Waals surface area contributed by atoms with E-state index in [1.807, 2.05) is 0 Å². The van der Waals surface area contributed by atoms with E-state index in [4.69, 9.17) is 0 Å². The van der Waals surface area contributed by atoms with Crippen LogP contribution < -0.4 is 5.32 Å². The molecule has 2 aliphatic rings. The molecule has 0 aromatic heterocycles. The Hall–Kier alpha value is -0.530. The van der Waals surface area contributed by atoms with E-state index in [1.165, 1.54) is 57.8 Å². The minimum absolute atomic E-state index is 0.357. The molecule has 2 rings (SSSR count). The zero-order valence-corrected chi connectivity index (χ0v) is 11.9. The molecule has 18 heavy (non-hydrogen) atoms. The second-order valence-electron chi connectivity index (χ2n) is 6.34. The molecule has 2 aliphatic carbocycles. The molecule has 1 amide bonds. The summed E-state index contributed by atoms with van der Waals surface area (Å²) in [5.74, 6) is 2.32. The smallest absolute Gasteiger partial charge is 0.223 e. The molecule has 0 radical (unpaired) electrons. The van der Waals surface area contributed by atoms with Gasteiger partial charge in [-0.3, -0.25) is 4.79 Å². The molecule has 0 aliphatic heterocycles. The maximum Gasteiger partial charge on any atom is 0.223 e. The first-order chi connectivity index (χ1) is 8.81. The number of hydrogen-bond acceptors (Lipinski definition) is 1. The van der Waals surface area contributed by atoms with E-state index in [0.717, 1.165) is 24.8 Å². The van der Waals surface area contributed by atoms with Crippen LogP contribution in [0.5, 0.6) is 0 Å². The van der Waals surface area contributed by atoms with Crippen LogP contribution in [0, 0.1) is 17.8 Å². The van der Waals surface area contributed by atoms with Gasteiger partial charge in [-0.15, -0.1) is 0 Å². The fourth-order valence-electron chi connectivity index (χ4n) is 3.81. The highest BCUT2D eigenvalue weighted by molar-refractivity contribution is 5.79. The Morgan fingerprint density at radius 1 is 1.06 bits per heavy atom. The van der Waals surface area contributed by atoms with Gasteiger partial charge in [0.05, 0.1) is 0 Å². The summed E-state index contributed by atoms with van der Waals surface area (Å²) in [7, 11) is 0. The Morgan fingerprint density at radius 2 is 1.83 bits per heavy atom. The third-order valence-electron chi connectivity index (χ3n) is 4.90. The number of fused-ring (bicyclic) bond motifs is 2. The highest BCUT2D eigenvalue weighted by Gasteiger charge is 2.42. The van der Waals surface area contributed by atoms with Crippen molar-refractivity contribution in [3.8, 4) is 0 Å². The fraction of sp³-hybridized carbons (Fsp3) is 0.938. The zero-order valence-electron chi connectivity index (χ0n) is 11.9. The average Bonchev–Trinajstić information content (AvgIpc) is 2.99. The summed E-state index contributed by atoms with van der Waals surface area (Å²) < 4.78 is 0. The van der Waals surface area contributed by atoms with Gasteiger partial charge in [-0.25, -0.2) is 0 Å². The SMILES string of the molecule is CCCCCCCCNC(=O)C1CC2CCC1C2. The fourth-order valence-corrected chi connectivity index (χ4v) is 3.81. The molecule has 2 bridgehead atoms. The monoisotopic (exact) mass is 251 g/mol. The van der Waals surface area contributed by atoms with E-state index in [2.05, 4.69) is 12.2 Å². The lowest BCUT2D eigenvalue weighted by atomic mass is 9.88. The van der Waals surface area contributed by atoms with Gasteiger partial charge in [0, 0.05) is 12.5 Å². The van der Waals surface area contributed by atoms with Crippen molar-refractivity contribution in [1.29, 1.82) is 0 Å². The maximum atomic E-state index is 12.1. The molecule has 0 heterocycles. The van der Waals surface area contributed by atoms with Crippen LogP contribution in [0.4, 0.5) is 0 Å². The Morgan fingerprint density at radius 3 is 2.50 bits per heavy atom. The lowest BCUT2D eigenvalue weighted by molar-refractivity contribution is -0.126. The highest BCUT2D eigenvalue weighted by Crippen LogP contribution is 2.48. The Labute approximate surface area is 112 Å². The molecule has 2 nitrogen and oxygen atoms in total. The van der Waals surface area contributed by atoms with Gasteiger partial charge in [0.15, 0.2) is 0 Å². The molecule has 0 aromatic rings. The lowest BCUT2D eigenvalue weighted by Gasteiger charge is -2.20. The van der Waals surface area contributed by atoms with Gasteiger partial charge in [-0.1, -0.05) is 45.4 Å². The number of nitrogens with one attached hydrogen (secondary N) is 1. The molecule has 1 N–H and O–H groups in total. The van der Waals surface area contributed by atoms with Gasteiger partial charge >= 0.3 is 0 Å². The number of carbonyl (C=O) groups excluding carboxylic acids is 1. The van der Waals surface area contributed by atoms with Crippen molar-refractivity contribution in [2.24, 2.45) is 17.8 Å². The molecule has 104 valence electrons. The van der Waals surface area contributed by atoms with E-state index in [9.17, 15) is 4.79 Å². The third-order valence-corrected chi connectivity index (χ3v) is 4.90. The van der Waals surface area contributed by atoms with Crippen molar-refractivity contribution < 1.29 is 4.79 Å². The van der Waals surface area contributed by atoms with Crippen LogP contribution in [0.15, 0.2) is 0 Å². The first kappa shape index (κ1) is 13.9. The van der Waals surface area contributed by atoms with Crippen LogP contribution in [-0.4, -0.2) is 12.5 Å². The second kappa shape index (κ2) is 7.16. The highest BCUT2D eigenvalue weighted by atomic mass is 16.1. The molecule has 2 saturated carbocycles.